The van der Waals surface area contributed by atoms with Crippen LogP contribution in [0.1, 0.15) is 55.4 Å². The highest BCUT2D eigenvalue weighted by Crippen LogP contribution is 2.52. The molecular formula is C29H38O3. The molecule has 2 aliphatic carbocycles. The van der Waals surface area contributed by atoms with Gasteiger partial charge in [0.15, 0.2) is 0 Å². The number of hydrogen-bond donors (Lipinski definition) is 1. The molecule has 172 valence electrons. The third-order valence-electron chi connectivity index (χ3n) is 6.54. The lowest BCUT2D eigenvalue weighted by molar-refractivity contribution is -0.0979. The van der Waals surface area contributed by atoms with Crippen LogP contribution in [0.25, 0.3) is 11.1 Å². The van der Waals surface area contributed by atoms with Crippen molar-refractivity contribution in [3.05, 3.63) is 83.5 Å². The number of methoxy groups -OCH3 is 1. The van der Waals surface area contributed by atoms with E-state index in [4.69, 9.17) is 9.53 Å². The predicted octanol–water partition coefficient (Wildman–Crippen LogP) is 6.21. The minimum Gasteiger partial charge on any atom is -0.392 e. The average molecular weight is 435 g/mol. The van der Waals surface area contributed by atoms with E-state index in [2.05, 4.69) is 56.0 Å². The third kappa shape index (κ3) is 5.65. The molecule has 0 aromatic heterocycles. The number of aliphatic hydroxyl groups is 1. The van der Waals surface area contributed by atoms with Crippen molar-refractivity contribution in [3.63, 3.8) is 0 Å². The summed E-state index contributed by atoms with van der Waals surface area (Å²) in [7, 11) is 1.74. The lowest BCUT2D eigenvalue weighted by atomic mass is 9.76. The molecule has 1 saturated carbocycles. The minimum absolute atomic E-state index is 0.0788. The number of benzene rings is 2. The van der Waals surface area contributed by atoms with Crippen LogP contribution in [0.4, 0.5) is 0 Å². The van der Waals surface area contributed by atoms with Gasteiger partial charge in [0.2, 0.25) is 0 Å². The van der Waals surface area contributed by atoms with Crippen LogP contribution >= 0.6 is 0 Å². The molecule has 0 amide bonds. The zero-order chi connectivity index (χ0) is 23.6. The van der Waals surface area contributed by atoms with Crippen LogP contribution in [0.5, 0.6) is 0 Å². The summed E-state index contributed by atoms with van der Waals surface area (Å²) in [4.78, 5) is 8.00. The second-order valence-electron chi connectivity index (χ2n) is 8.54. The summed E-state index contributed by atoms with van der Waals surface area (Å²) in [6, 6.07) is 13.4. The van der Waals surface area contributed by atoms with Crippen LogP contribution in [-0.4, -0.2) is 25.6 Å². The maximum atomic E-state index is 9.51. The van der Waals surface area contributed by atoms with Gasteiger partial charge in [0.25, 0.3) is 0 Å². The van der Waals surface area contributed by atoms with Gasteiger partial charge in [-0.15, -0.1) is 6.58 Å². The van der Waals surface area contributed by atoms with Gasteiger partial charge >= 0.3 is 0 Å². The molecule has 3 heteroatoms. The van der Waals surface area contributed by atoms with E-state index in [1.54, 1.807) is 13.2 Å². The first-order valence-electron chi connectivity index (χ1n) is 11.5. The Kier molecular flexibility index (Phi) is 10.1. The van der Waals surface area contributed by atoms with Crippen molar-refractivity contribution < 1.29 is 14.6 Å². The summed E-state index contributed by atoms with van der Waals surface area (Å²) in [6.07, 6.45) is 12.5. The highest BCUT2D eigenvalue weighted by molar-refractivity contribution is 5.70. The maximum absolute atomic E-state index is 9.51. The first-order chi connectivity index (χ1) is 15.6. The molecule has 2 aromatic rings. The van der Waals surface area contributed by atoms with Gasteiger partial charge in [-0.25, -0.2) is 0 Å². The Morgan fingerprint density at radius 3 is 2.47 bits per heavy atom. The lowest BCUT2D eigenvalue weighted by Gasteiger charge is -2.27. The molecule has 32 heavy (non-hydrogen) atoms. The van der Waals surface area contributed by atoms with Gasteiger partial charge in [-0.1, -0.05) is 61.5 Å². The number of rotatable bonds is 7. The zero-order valence-electron chi connectivity index (χ0n) is 19.9. The van der Waals surface area contributed by atoms with Crippen LogP contribution in [0.3, 0.4) is 0 Å². The standard InChI is InChI=1S/C25H30O2.C3H6.CH2O/c1-3-20-15-21(5-7-24(20)25-11-8-18(16-25)9-12-25)23-6-4-19(17-26)14-22(23)10-13-27-2;1-3-2;1-2/h4-8,11,14-15,18,26H,3,9-10,12-13,16-17H2,1-2H3;3H,1H2,2H3;1H2/t18?,25-;;/m1../s1. The molecule has 1 unspecified atom stereocenters. The number of fused-ring (bicyclic) bond motifs is 2. The molecule has 0 heterocycles. The van der Waals surface area contributed by atoms with Gasteiger partial charge < -0.3 is 14.6 Å². The van der Waals surface area contributed by atoms with Gasteiger partial charge in [-0.05, 0) is 78.3 Å². The fraction of sp³-hybridized carbons (Fsp3) is 0.414. The van der Waals surface area contributed by atoms with E-state index in [-0.39, 0.29) is 12.0 Å². The fourth-order valence-electron chi connectivity index (χ4n) is 5.07. The summed E-state index contributed by atoms with van der Waals surface area (Å²) in [5, 5.41) is 9.51. The molecule has 2 aliphatic rings. The van der Waals surface area contributed by atoms with Crippen molar-refractivity contribution in [2.45, 2.75) is 58.0 Å². The molecule has 4 rings (SSSR count). The topological polar surface area (TPSA) is 46.5 Å². The summed E-state index contributed by atoms with van der Waals surface area (Å²) in [6.45, 7) is 10.3. The van der Waals surface area contributed by atoms with Gasteiger partial charge in [-0.2, -0.15) is 0 Å². The van der Waals surface area contributed by atoms with Crippen molar-refractivity contribution in [3.8, 4) is 11.1 Å². The first-order valence-corrected chi connectivity index (χ1v) is 11.5. The molecule has 0 saturated heterocycles. The Hall–Kier alpha value is -2.49. The van der Waals surface area contributed by atoms with Crippen LogP contribution in [-0.2, 0) is 34.4 Å². The fourth-order valence-corrected chi connectivity index (χ4v) is 5.07. The molecule has 0 aliphatic heterocycles. The van der Waals surface area contributed by atoms with Gasteiger partial charge in [0.1, 0.15) is 6.79 Å². The quantitative estimate of drug-likeness (QED) is 0.527. The van der Waals surface area contributed by atoms with E-state index in [1.165, 1.54) is 47.1 Å². The maximum Gasteiger partial charge on any atom is 0.106 e. The summed E-state index contributed by atoms with van der Waals surface area (Å²) in [5.41, 5.74) is 8.04. The number of ether oxygens (including phenoxy) is 1. The molecular weight excluding hydrogens is 396 g/mol. The molecule has 2 aromatic carbocycles. The van der Waals surface area contributed by atoms with E-state index in [9.17, 15) is 5.11 Å². The number of carbonyl (C=O) groups is 1. The van der Waals surface area contributed by atoms with Crippen molar-refractivity contribution in [2.24, 2.45) is 5.92 Å². The largest absolute Gasteiger partial charge is 0.392 e. The molecule has 1 N–H and O–H groups in total. The SMILES string of the molecule is C=CC.C=O.CCc1cc(-c2ccc(CO)cc2CCOC)ccc1[C@]12C=CC(CC1)C2. The molecule has 3 nitrogen and oxygen atoms in total. The highest BCUT2D eigenvalue weighted by atomic mass is 16.5. The van der Waals surface area contributed by atoms with E-state index in [0.29, 0.717) is 6.61 Å². The van der Waals surface area contributed by atoms with Crippen molar-refractivity contribution in [1.82, 2.24) is 0 Å². The summed E-state index contributed by atoms with van der Waals surface area (Å²) >= 11 is 0. The number of hydrogen-bond acceptors (Lipinski definition) is 3. The zero-order valence-corrected chi connectivity index (χ0v) is 19.9. The van der Waals surface area contributed by atoms with Crippen LogP contribution in [0.2, 0.25) is 0 Å². The van der Waals surface area contributed by atoms with Crippen molar-refractivity contribution in [2.75, 3.05) is 13.7 Å². The Balaban J connectivity index is 0.000000671. The minimum atomic E-state index is 0.0788. The third-order valence-corrected chi connectivity index (χ3v) is 6.54. The number of aryl methyl sites for hydroxylation is 1. The first kappa shape index (κ1) is 25.8. The second kappa shape index (κ2) is 12.5. The smallest absolute Gasteiger partial charge is 0.106 e. The Bertz CT molecular complexity index is 915. The van der Waals surface area contributed by atoms with Crippen molar-refractivity contribution in [1.29, 1.82) is 0 Å². The van der Waals surface area contributed by atoms with E-state index in [1.807, 2.05) is 19.8 Å². The molecule has 0 spiro atoms. The average Bonchev–Trinajstić information content (AvgIpc) is 3.46. The van der Waals surface area contributed by atoms with Gasteiger partial charge in [0, 0.05) is 12.5 Å². The van der Waals surface area contributed by atoms with Gasteiger partial charge in [0.05, 0.1) is 13.2 Å². The molecule has 2 atom stereocenters. The monoisotopic (exact) mass is 434 g/mol. The van der Waals surface area contributed by atoms with Crippen LogP contribution < -0.4 is 0 Å². The molecule has 0 radical (unpaired) electrons. The summed E-state index contributed by atoms with van der Waals surface area (Å²) in [5.74, 6) is 0.793. The van der Waals surface area contributed by atoms with Crippen LogP contribution in [0.15, 0.2) is 61.2 Å². The molecule has 2 bridgehead atoms. The van der Waals surface area contributed by atoms with Gasteiger partial charge in [-0.3, -0.25) is 0 Å². The predicted molar refractivity (Wildman–Crippen MR) is 134 cm³/mol. The Morgan fingerprint density at radius 1 is 1.19 bits per heavy atom. The summed E-state index contributed by atoms with van der Waals surface area (Å²) < 4.78 is 5.30. The van der Waals surface area contributed by atoms with E-state index < -0.39 is 0 Å². The highest BCUT2D eigenvalue weighted by Gasteiger charge is 2.42. The lowest BCUT2D eigenvalue weighted by Crippen LogP contribution is -2.19. The normalized spacial score (nSPS) is 20.2. The van der Waals surface area contributed by atoms with E-state index in [0.717, 1.165) is 24.3 Å². The Morgan fingerprint density at radius 2 is 1.94 bits per heavy atom. The number of aliphatic hydroxyl groups excluding tert-OH is 1. The molecule has 1 fully saturated rings. The van der Waals surface area contributed by atoms with Crippen molar-refractivity contribution >= 4 is 6.79 Å². The number of allylic oxidation sites excluding steroid dienone is 3. The second-order valence-corrected chi connectivity index (χ2v) is 8.54. The Labute approximate surface area is 193 Å². The van der Waals surface area contributed by atoms with Crippen LogP contribution in [0, 0.1) is 5.92 Å². The van der Waals surface area contributed by atoms with E-state index >= 15 is 0 Å². The number of carbonyl (C=O) groups excluding carboxylic acids is 1.